The summed E-state index contributed by atoms with van der Waals surface area (Å²) in [6.45, 7) is 1.83. The van der Waals surface area contributed by atoms with E-state index in [2.05, 4.69) is 20.9 Å². The average Bonchev–Trinajstić information content (AvgIpc) is 2.82. The minimum absolute atomic E-state index is 0.145. The number of Topliss-reactive ketones (excluding diaryl/α,β-unsaturated/α-hetero) is 1. The Morgan fingerprint density at radius 3 is 3.05 bits per heavy atom. The molecule has 0 bridgehead atoms. The highest BCUT2D eigenvalue weighted by molar-refractivity contribution is 9.10. The predicted octanol–water partition coefficient (Wildman–Crippen LogP) is 2.79. The fraction of sp³-hybridized carbons (Fsp3) is 0.429. The van der Waals surface area contributed by atoms with E-state index in [0.29, 0.717) is 25.5 Å². The van der Waals surface area contributed by atoms with Gasteiger partial charge in [0, 0.05) is 36.0 Å². The first-order valence-electron chi connectivity index (χ1n) is 6.45. The van der Waals surface area contributed by atoms with Crippen LogP contribution in [0.1, 0.15) is 12.8 Å². The lowest BCUT2D eigenvalue weighted by Crippen LogP contribution is -2.26. The second-order valence-electron chi connectivity index (χ2n) is 4.85. The Kier molecular flexibility index (Phi) is 3.66. The molecule has 1 saturated heterocycles. The highest BCUT2D eigenvalue weighted by atomic mass is 79.9. The third kappa shape index (κ3) is 2.72. The fourth-order valence-corrected chi connectivity index (χ4v) is 2.81. The van der Waals surface area contributed by atoms with Crippen molar-refractivity contribution < 1.29 is 9.53 Å². The highest BCUT2D eigenvalue weighted by Crippen LogP contribution is 2.21. The number of pyridine rings is 1. The maximum absolute atomic E-state index is 12.3. The van der Waals surface area contributed by atoms with Crippen molar-refractivity contribution in [2.75, 3.05) is 13.2 Å². The van der Waals surface area contributed by atoms with Crippen LogP contribution in [0, 0.1) is 5.92 Å². The van der Waals surface area contributed by atoms with E-state index in [-0.39, 0.29) is 5.92 Å². The second kappa shape index (κ2) is 5.43. The van der Waals surface area contributed by atoms with E-state index in [1.165, 1.54) is 0 Å². The van der Waals surface area contributed by atoms with E-state index in [1.807, 2.05) is 22.9 Å². The molecule has 19 heavy (non-hydrogen) atoms. The Labute approximate surface area is 119 Å². The third-order valence-corrected chi connectivity index (χ3v) is 4.02. The quantitative estimate of drug-likeness (QED) is 0.872. The van der Waals surface area contributed by atoms with E-state index in [0.717, 1.165) is 28.3 Å². The molecule has 0 saturated carbocycles. The van der Waals surface area contributed by atoms with Crippen molar-refractivity contribution in [2.45, 2.75) is 19.4 Å². The number of fused-ring (bicyclic) bond motifs is 1. The topological polar surface area (TPSA) is 44.1 Å². The van der Waals surface area contributed by atoms with Crippen LogP contribution in [0.25, 0.3) is 11.0 Å². The lowest BCUT2D eigenvalue weighted by Gasteiger charge is -2.21. The summed E-state index contributed by atoms with van der Waals surface area (Å²) < 4.78 is 8.20. The molecule has 1 fully saturated rings. The van der Waals surface area contributed by atoms with Crippen molar-refractivity contribution in [3.05, 3.63) is 29.0 Å². The largest absolute Gasteiger partial charge is 0.381 e. The molecule has 2 aromatic rings. The molecule has 0 aliphatic carbocycles. The normalized spacial score (nSPS) is 16.9. The van der Waals surface area contributed by atoms with Crippen LogP contribution in [0.5, 0.6) is 0 Å². The summed E-state index contributed by atoms with van der Waals surface area (Å²) in [6.07, 6.45) is 5.40. The molecule has 0 radical (unpaired) electrons. The van der Waals surface area contributed by atoms with E-state index in [1.54, 1.807) is 6.20 Å². The zero-order chi connectivity index (χ0) is 13.2. The molecule has 0 amide bonds. The number of carbonyl (C=O) groups excluding carboxylic acids is 1. The van der Waals surface area contributed by atoms with E-state index in [4.69, 9.17) is 4.74 Å². The molecule has 4 nitrogen and oxygen atoms in total. The Morgan fingerprint density at radius 1 is 1.47 bits per heavy atom. The van der Waals surface area contributed by atoms with Gasteiger partial charge in [0.2, 0.25) is 0 Å². The summed E-state index contributed by atoms with van der Waals surface area (Å²) in [4.78, 5) is 16.6. The standard InChI is InChI=1S/C14H15BrN2O2/c15-11-7-13-12(16-8-11)1-4-17(13)9-14(18)10-2-5-19-6-3-10/h1,4,7-8,10H,2-3,5-6,9H2. The van der Waals surface area contributed by atoms with E-state index < -0.39 is 0 Å². The SMILES string of the molecule is O=C(Cn1ccc2ncc(Br)cc21)C1CCOCC1. The molecule has 0 atom stereocenters. The van der Waals surface area contributed by atoms with Gasteiger partial charge in [-0.1, -0.05) is 0 Å². The first-order valence-corrected chi connectivity index (χ1v) is 7.24. The fourth-order valence-electron chi connectivity index (χ4n) is 2.49. The molecule has 5 heteroatoms. The predicted molar refractivity (Wildman–Crippen MR) is 76.0 cm³/mol. The van der Waals surface area contributed by atoms with Gasteiger partial charge in [-0.2, -0.15) is 0 Å². The minimum Gasteiger partial charge on any atom is -0.381 e. The molecule has 1 aliphatic rings. The summed E-state index contributed by atoms with van der Waals surface area (Å²) in [5.41, 5.74) is 1.91. The van der Waals surface area contributed by atoms with Gasteiger partial charge in [0.1, 0.15) is 0 Å². The Bertz CT molecular complexity index is 603. The van der Waals surface area contributed by atoms with Crippen molar-refractivity contribution in [1.29, 1.82) is 0 Å². The third-order valence-electron chi connectivity index (χ3n) is 3.59. The molecule has 0 N–H and O–H groups in total. The zero-order valence-corrected chi connectivity index (χ0v) is 12.1. The summed E-state index contributed by atoms with van der Waals surface area (Å²) in [6, 6.07) is 3.94. The van der Waals surface area contributed by atoms with Crippen LogP contribution < -0.4 is 0 Å². The van der Waals surface area contributed by atoms with Gasteiger partial charge in [-0.25, -0.2) is 0 Å². The van der Waals surface area contributed by atoms with Crippen LogP contribution in [0.3, 0.4) is 0 Å². The van der Waals surface area contributed by atoms with Crippen LogP contribution in [0.15, 0.2) is 29.0 Å². The van der Waals surface area contributed by atoms with Crippen molar-refractivity contribution in [1.82, 2.24) is 9.55 Å². The number of hydrogen-bond acceptors (Lipinski definition) is 3. The smallest absolute Gasteiger partial charge is 0.155 e. The zero-order valence-electron chi connectivity index (χ0n) is 10.5. The highest BCUT2D eigenvalue weighted by Gasteiger charge is 2.21. The minimum atomic E-state index is 0.145. The number of aromatic nitrogens is 2. The summed E-state index contributed by atoms with van der Waals surface area (Å²) in [5.74, 6) is 0.437. The van der Waals surface area contributed by atoms with Crippen LogP contribution in [0.4, 0.5) is 0 Å². The summed E-state index contributed by atoms with van der Waals surface area (Å²) >= 11 is 3.42. The number of ketones is 1. The Hall–Kier alpha value is -1.20. The Balaban J connectivity index is 1.80. The van der Waals surface area contributed by atoms with Crippen molar-refractivity contribution in [3.8, 4) is 0 Å². The van der Waals surface area contributed by atoms with Gasteiger partial charge in [-0.3, -0.25) is 9.78 Å². The molecule has 0 aromatic carbocycles. The van der Waals surface area contributed by atoms with Gasteiger partial charge in [0.05, 0.1) is 17.6 Å². The first-order chi connectivity index (χ1) is 9.24. The number of carbonyl (C=O) groups is 1. The van der Waals surface area contributed by atoms with Crippen molar-refractivity contribution >= 4 is 32.7 Å². The lowest BCUT2D eigenvalue weighted by molar-refractivity contribution is -0.126. The monoisotopic (exact) mass is 322 g/mol. The van der Waals surface area contributed by atoms with Crippen LogP contribution >= 0.6 is 15.9 Å². The number of hydrogen-bond donors (Lipinski definition) is 0. The molecule has 100 valence electrons. The van der Waals surface area contributed by atoms with Crippen molar-refractivity contribution in [2.24, 2.45) is 5.92 Å². The lowest BCUT2D eigenvalue weighted by atomic mass is 9.95. The second-order valence-corrected chi connectivity index (χ2v) is 5.77. The number of rotatable bonds is 3. The van der Waals surface area contributed by atoms with E-state index in [9.17, 15) is 4.79 Å². The van der Waals surface area contributed by atoms with Gasteiger partial charge < -0.3 is 9.30 Å². The maximum atomic E-state index is 12.3. The van der Waals surface area contributed by atoms with Gasteiger partial charge >= 0.3 is 0 Å². The molecule has 0 spiro atoms. The first kappa shape index (κ1) is 12.8. The average molecular weight is 323 g/mol. The molecule has 3 heterocycles. The van der Waals surface area contributed by atoms with Gasteiger partial charge in [-0.05, 0) is 40.9 Å². The molecule has 3 rings (SSSR count). The summed E-state index contributed by atoms with van der Waals surface area (Å²) in [7, 11) is 0. The van der Waals surface area contributed by atoms with E-state index >= 15 is 0 Å². The number of nitrogens with zero attached hydrogens (tertiary/aromatic N) is 2. The molecule has 2 aromatic heterocycles. The molecular formula is C14H15BrN2O2. The number of halogens is 1. The molecule has 1 aliphatic heterocycles. The van der Waals surface area contributed by atoms with Gasteiger partial charge in [0.25, 0.3) is 0 Å². The van der Waals surface area contributed by atoms with Crippen LogP contribution in [0.2, 0.25) is 0 Å². The molecular weight excluding hydrogens is 308 g/mol. The Morgan fingerprint density at radius 2 is 2.26 bits per heavy atom. The van der Waals surface area contributed by atoms with Gasteiger partial charge in [-0.15, -0.1) is 0 Å². The van der Waals surface area contributed by atoms with Crippen molar-refractivity contribution in [3.63, 3.8) is 0 Å². The van der Waals surface area contributed by atoms with Crippen LogP contribution in [-0.2, 0) is 16.1 Å². The van der Waals surface area contributed by atoms with Gasteiger partial charge in [0.15, 0.2) is 5.78 Å². The summed E-state index contributed by atoms with van der Waals surface area (Å²) in [5, 5.41) is 0. The molecule has 0 unspecified atom stereocenters. The van der Waals surface area contributed by atoms with Crippen LogP contribution in [-0.4, -0.2) is 28.5 Å². The maximum Gasteiger partial charge on any atom is 0.155 e. The number of ether oxygens (including phenoxy) is 1.